The van der Waals surface area contributed by atoms with E-state index in [1.54, 1.807) is 25.1 Å². The molecule has 10 nitrogen and oxygen atoms in total. The first kappa shape index (κ1) is 24.9. The molecule has 1 aliphatic heterocycles. The van der Waals surface area contributed by atoms with Crippen LogP contribution in [-0.2, 0) is 9.59 Å². The number of aliphatic hydroxyl groups is 1. The van der Waals surface area contributed by atoms with E-state index in [0.29, 0.717) is 34.3 Å². The van der Waals surface area contributed by atoms with Gasteiger partial charge in [0.15, 0.2) is 17.3 Å². The molecule has 0 spiro atoms. The summed E-state index contributed by atoms with van der Waals surface area (Å²) in [4.78, 5) is 27.7. The van der Waals surface area contributed by atoms with Crippen LogP contribution in [0, 0.1) is 6.92 Å². The topological polar surface area (TPSA) is 121 Å². The molecule has 1 N–H and O–H groups in total. The third-order valence-electron chi connectivity index (χ3n) is 5.73. The van der Waals surface area contributed by atoms with Gasteiger partial charge in [-0.25, -0.2) is 0 Å². The number of ether oxygens (including phenoxy) is 4. The van der Waals surface area contributed by atoms with Gasteiger partial charge in [-0.2, -0.15) is 0 Å². The van der Waals surface area contributed by atoms with Gasteiger partial charge in [0.2, 0.25) is 5.75 Å². The molecule has 188 valence electrons. The van der Waals surface area contributed by atoms with Crippen molar-refractivity contribution in [2.24, 2.45) is 0 Å². The highest BCUT2D eigenvalue weighted by Gasteiger charge is 2.48. The Bertz CT molecular complexity index is 1360. The Morgan fingerprint density at radius 3 is 2.11 bits per heavy atom. The fourth-order valence-electron chi connectivity index (χ4n) is 4.08. The zero-order chi connectivity index (χ0) is 26.1. The van der Waals surface area contributed by atoms with Crippen LogP contribution in [0.1, 0.15) is 22.9 Å². The summed E-state index contributed by atoms with van der Waals surface area (Å²) >= 11 is 6.25. The number of amides is 1. The number of benzene rings is 2. The number of aryl methyl sites for hydroxylation is 1. The summed E-state index contributed by atoms with van der Waals surface area (Å²) < 4.78 is 26.6. The minimum absolute atomic E-state index is 0.0974. The first-order valence-electron chi connectivity index (χ1n) is 10.6. The van der Waals surface area contributed by atoms with Crippen molar-refractivity contribution >= 4 is 34.9 Å². The van der Waals surface area contributed by atoms with Crippen LogP contribution in [0.4, 0.5) is 5.82 Å². The lowest BCUT2D eigenvalue weighted by Crippen LogP contribution is -2.29. The maximum absolute atomic E-state index is 13.3. The second kappa shape index (κ2) is 9.82. The Balaban J connectivity index is 2.00. The molecule has 1 fully saturated rings. The third kappa shape index (κ3) is 4.09. The lowest BCUT2D eigenvalue weighted by atomic mass is 9.94. The molecule has 11 heteroatoms. The molecule has 3 aromatic rings. The molecule has 1 atom stereocenters. The number of halogens is 1. The summed E-state index contributed by atoms with van der Waals surface area (Å²) in [5, 5.41) is 15.4. The third-order valence-corrected chi connectivity index (χ3v) is 6.03. The highest BCUT2D eigenvalue weighted by molar-refractivity contribution is 6.51. The summed E-state index contributed by atoms with van der Waals surface area (Å²) in [7, 11) is 5.80. The van der Waals surface area contributed by atoms with E-state index >= 15 is 0 Å². The van der Waals surface area contributed by atoms with Crippen LogP contribution in [0.25, 0.3) is 5.76 Å². The molecule has 0 radical (unpaired) electrons. The number of hydrogen-bond acceptors (Lipinski definition) is 9. The van der Waals surface area contributed by atoms with Crippen LogP contribution in [0.5, 0.6) is 23.0 Å². The number of aromatic nitrogens is 1. The van der Waals surface area contributed by atoms with E-state index in [1.165, 1.54) is 46.6 Å². The van der Waals surface area contributed by atoms with Gasteiger partial charge in [0.05, 0.1) is 45.1 Å². The molecule has 36 heavy (non-hydrogen) atoms. The number of aliphatic hydroxyl groups excluding tert-OH is 1. The van der Waals surface area contributed by atoms with E-state index in [9.17, 15) is 14.7 Å². The van der Waals surface area contributed by atoms with Crippen molar-refractivity contribution in [2.75, 3.05) is 33.3 Å². The van der Waals surface area contributed by atoms with Crippen molar-refractivity contribution in [1.82, 2.24) is 5.16 Å². The summed E-state index contributed by atoms with van der Waals surface area (Å²) in [6.45, 7) is 1.65. The maximum atomic E-state index is 13.3. The Labute approximate surface area is 211 Å². The van der Waals surface area contributed by atoms with Crippen molar-refractivity contribution in [1.29, 1.82) is 0 Å². The van der Waals surface area contributed by atoms with E-state index in [-0.39, 0.29) is 22.0 Å². The average Bonchev–Trinajstić information content (AvgIpc) is 3.42. The Morgan fingerprint density at radius 2 is 1.61 bits per heavy atom. The maximum Gasteiger partial charge on any atom is 0.301 e. The monoisotopic (exact) mass is 514 g/mol. The second-order valence-electron chi connectivity index (χ2n) is 7.77. The quantitative estimate of drug-likeness (QED) is 0.279. The molecule has 1 unspecified atom stereocenters. The van der Waals surface area contributed by atoms with E-state index < -0.39 is 23.5 Å². The summed E-state index contributed by atoms with van der Waals surface area (Å²) in [6, 6.07) is 8.10. The van der Waals surface area contributed by atoms with Crippen LogP contribution in [0.2, 0.25) is 5.02 Å². The number of hydrogen-bond donors (Lipinski definition) is 1. The van der Waals surface area contributed by atoms with E-state index in [1.807, 2.05) is 0 Å². The molecule has 4 rings (SSSR count). The molecular weight excluding hydrogens is 492 g/mol. The summed E-state index contributed by atoms with van der Waals surface area (Å²) in [5.74, 6) is -0.436. The summed E-state index contributed by atoms with van der Waals surface area (Å²) in [5.41, 5.74) is 0.425. The predicted molar refractivity (Wildman–Crippen MR) is 130 cm³/mol. The molecule has 1 saturated heterocycles. The van der Waals surface area contributed by atoms with Gasteiger partial charge in [0, 0.05) is 11.6 Å². The molecule has 0 saturated carbocycles. The Hall–Kier alpha value is -4.18. The van der Waals surface area contributed by atoms with Gasteiger partial charge >= 0.3 is 5.91 Å². The number of anilines is 1. The molecule has 1 aliphatic rings. The first-order chi connectivity index (χ1) is 17.2. The standard InChI is InChI=1S/C25H23ClN2O8/c1-12-8-19(27-36-12)28-21(14-10-17(33-3)24(35-5)18(11-14)34-4)20(23(30)25(28)31)22(29)13-6-7-16(32-2)15(26)9-13/h6-11,21,29H,1-5H3/b22-20+. The van der Waals surface area contributed by atoms with Gasteiger partial charge < -0.3 is 28.6 Å². The fourth-order valence-corrected chi connectivity index (χ4v) is 4.34. The number of carbonyl (C=O) groups excluding carboxylic acids is 2. The number of methoxy groups -OCH3 is 4. The van der Waals surface area contributed by atoms with Crippen molar-refractivity contribution in [3.05, 3.63) is 63.9 Å². The summed E-state index contributed by atoms with van der Waals surface area (Å²) in [6.07, 6.45) is 0. The van der Waals surface area contributed by atoms with Crippen LogP contribution < -0.4 is 23.8 Å². The lowest BCUT2D eigenvalue weighted by molar-refractivity contribution is -0.132. The molecule has 2 heterocycles. The SMILES string of the molecule is COc1ccc(/C(O)=C2\C(=O)C(=O)N(c3cc(C)on3)C2c2cc(OC)c(OC)c(OC)c2)cc1Cl. The number of rotatable bonds is 7. The minimum Gasteiger partial charge on any atom is -0.507 e. The van der Waals surface area contributed by atoms with Gasteiger partial charge in [0.25, 0.3) is 5.78 Å². The van der Waals surface area contributed by atoms with Crippen molar-refractivity contribution in [3.8, 4) is 23.0 Å². The van der Waals surface area contributed by atoms with Crippen LogP contribution in [0.3, 0.4) is 0 Å². The number of carbonyl (C=O) groups is 2. The fraction of sp³-hybridized carbons (Fsp3) is 0.240. The Morgan fingerprint density at radius 1 is 0.972 bits per heavy atom. The first-order valence-corrected chi connectivity index (χ1v) is 11.0. The molecule has 0 aliphatic carbocycles. The van der Waals surface area contributed by atoms with Gasteiger partial charge in [-0.05, 0) is 42.8 Å². The zero-order valence-electron chi connectivity index (χ0n) is 20.1. The van der Waals surface area contributed by atoms with Crippen molar-refractivity contribution < 1.29 is 38.2 Å². The van der Waals surface area contributed by atoms with Gasteiger partial charge in [-0.15, -0.1) is 0 Å². The van der Waals surface area contributed by atoms with E-state index in [2.05, 4.69) is 5.16 Å². The predicted octanol–water partition coefficient (Wildman–Crippen LogP) is 4.30. The number of nitrogens with zero attached hydrogens (tertiary/aromatic N) is 2. The number of ketones is 1. The molecule has 1 aromatic heterocycles. The lowest BCUT2D eigenvalue weighted by Gasteiger charge is -2.24. The minimum atomic E-state index is -1.11. The smallest absolute Gasteiger partial charge is 0.301 e. The molecule has 0 bridgehead atoms. The average molecular weight is 515 g/mol. The highest BCUT2D eigenvalue weighted by Crippen LogP contribution is 2.47. The van der Waals surface area contributed by atoms with Crippen molar-refractivity contribution in [3.63, 3.8) is 0 Å². The highest BCUT2D eigenvalue weighted by atomic mass is 35.5. The van der Waals surface area contributed by atoms with Gasteiger partial charge in [0.1, 0.15) is 17.3 Å². The van der Waals surface area contributed by atoms with Crippen molar-refractivity contribution in [2.45, 2.75) is 13.0 Å². The second-order valence-corrected chi connectivity index (χ2v) is 8.18. The largest absolute Gasteiger partial charge is 0.507 e. The molecular formula is C25H23ClN2O8. The van der Waals surface area contributed by atoms with Crippen LogP contribution in [-0.4, -0.2) is 50.4 Å². The van der Waals surface area contributed by atoms with Crippen LogP contribution in [0.15, 0.2) is 46.5 Å². The normalized spacial score (nSPS) is 16.8. The number of Topliss-reactive ketones (excluding diaryl/α,β-unsaturated/α-hetero) is 1. The van der Waals surface area contributed by atoms with E-state index in [4.69, 9.17) is 35.1 Å². The Kier molecular flexibility index (Phi) is 6.80. The van der Waals surface area contributed by atoms with Gasteiger partial charge in [-0.3, -0.25) is 14.5 Å². The molecule has 2 aromatic carbocycles. The van der Waals surface area contributed by atoms with Crippen LogP contribution >= 0.6 is 11.6 Å². The zero-order valence-corrected chi connectivity index (χ0v) is 20.9. The molecule has 1 amide bonds. The van der Waals surface area contributed by atoms with E-state index in [0.717, 1.165) is 4.90 Å². The van der Waals surface area contributed by atoms with Gasteiger partial charge in [-0.1, -0.05) is 16.8 Å².